The maximum atomic E-state index is 12.7. The SMILES string of the molecule is CCOC(=O)C(Nc1cccc(Cl)c1)C(F)(F)F. The van der Waals surface area contributed by atoms with E-state index in [1.54, 1.807) is 0 Å². The molecule has 0 radical (unpaired) electrons. The summed E-state index contributed by atoms with van der Waals surface area (Å²) in [4.78, 5) is 11.2. The monoisotopic (exact) mass is 281 g/mol. The van der Waals surface area contributed by atoms with Crippen LogP contribution < -0.4 is 5.32 Å². The lowest BCUT2D eigenvalue weighted by atomic mass is 10.2. The van der Waals surface area contributed by atoms with Gasteiger partial charge in [0.1, 0.15) is 0 Å². The Morgan fingerprint density at radius 3 is 2.67 bits per heavy atom. The number of halogens is 4. The standard InChI is InChI=1S/C11H11ClF3NO2/c1-2-18-10(17)9(11(13,14)15)16-8-5-3-4-7(12)6-8/h3-6,9,16H,2H2,1H3. The van der Waals surface area contributed by atoms with Crippen LogP contribution in [0.15, 0.2) is 24.3 Å². The van der Waals surface area contributed by atoms with Crippen LogP contribution in [0.3, 0.4) is 0 Å². The van der Waals surface area contributed by atoms with Crippen molar-refractivity contribution < 1.29 is 22.7 Å². The van der Waals surface area contributed by atoms with Crippen LogP contribution in [0.25, 0.3) is 0 Å². The molecule has 7 heteroatoms. The Balaban J connectivity index is 2.89. The van der Waals surface area contributed by atoms with Crippen LogP contribution in [0.5, 0.6) is 0 Å². The minimum absolute atomic E-state index is 0.0953. The fraction of sp³-hybridized carbons (Fsp3) is 0.364. The molecule has 0 aliphatic rings. The maximum Gasteiger partial charge on any atom is 0.419 e. The molecule has 3 nitrogen and oxygen atoms in total. The van der Waals surface area contributed by atoms with Gasteiger partial charge in [-0.25, -0.2) is 4.79 Å². The Labute approximate surface area is 107 Å². The molecular formula is C11H11ClF3NO2. The highest BCUT2D eigenvalue weighted by atomic mass is 35.5. The molecule has 1 rings (SSSR count). The molecule has 1 unspecified atom stereocenters. The van der Waals surface area contributed by atoms with E-state index in [4.69, 9.17) is 11.6 Å². The lowest BCUT2D eigenvalue weighted by molar-refractivity contribution is -0.175. The Morgan fingerprint density at radius 1 is 1.50 bits per heavy atom. The second kappa shape index (κ2) is 5.95. The molecule has 0 heterocycles. The number of carbonyl (C=O) groups excluding carboxylic acids is 1. The van der Waals surface area contributed by atoms with Gasteiger partial charge in [0.25, 0.3) is 0 Å². The van der Waals surface area contributed by atoms with E-state index in [-0.39, 0.29) is 17.3 Å². The predicted molar refractivity (Wildman–Crippen MR) is 61.6 cm³/mol. The van der Waals surface area contributed by atoms with E-state index >= 15 is 0 Å². The Hall–Kier alpha value is -1.43. The number of nitrogens with one attached hydrogen (secondary N) is 1. The summed E-state index contributed by atoms with van der Waals surface area (Å²) in [6.45, 7) is 1.31. The van der Waals surface area contributed by atoms with Gasteiger partial charge in [-0.15, -0.1) is 0 Å². The Morgan fingerprint density at radius 2 is 2.17 bits per heavy atom. The minimum Gasteiger partial charge on any atom is -0.464 e. The Bertz CT molecular complexity index is 423. The first-order valence-corrected chi connectivity index (χ1v) is 5.48. The summed E-state index contributed by atoms with van der Waals surface area (Å²) in [5.74, 6) is -1.37. The van der Waals surface area contributed by atoms with Crippen LogP contribution in [-0.2, 0) is 9.53 Å². The van der Waals surface area contributed by atoms with Gasteiger partial charge >= 0.3 is 12.1 Å². The second-order valence-electron chi connectivity index (χ2n) is 3.38. The molecule has 0 fully saturated rings. The number of carbonyl (C=O) groups is 1. The maximum absolute atomic E-state index is 12.7. The first-order chi connectivity index (χ1) is 8.34. The summed E-state index contributed by atoms with van der Waals surface area (Å²) in [5.41, 5.74) is 0.0953. The van der Waals surface area contributed by atoms with Crippen LogP contribution in [0.2, 0.25) is 5.02 Å². The van der Waals surface area contributed by atoms with Gasteiger partial charge in [0, 0.05) is 10.7 Å². The van der Waals surface area contributed by atoms with Crippen LogP contribution in [-0.4, -0.2) is 24.8 Å². The normalized spacial score (nSPS) is 12.9. The molecule has 0 amide bonds. The average molecular weight is 282 g/mol. The summed E-state index contributed by atoms with van der Waals surface area (Å²) in [7, 11) is 0. The highest BCUT2D eigenvalue weighted by Crippen LogP contribution is 2.25. The summed E-state index contributed by atoms with van der Waals surface area (Å²) < 4.78 is 42.4. The molecule has 0 aliphatic carbocycles. The molecule has 1 aromatic rings. The third-order valence-corrected chi connectivity index (χ3v) is 2.22. The van der Waals surface area contributed by atoms with E-state index in [0.29, 0.717) is 0 Å². The van der Waals surface area contributed by atoms with Crippen molar-refractivity contribution in [2.45, 2.75) is 19.1 Å². The first kappa shape index (κ1) is 14.6. The molecule has 1 N–H and O–H groups in total. The van der Waals surface area contributed by atoms with E-state index in [2.05, 4.69) is 10.1 Å². The molecule has 0 spiro atoms. The van der Waals surface area contributed by atoms with E-state index in [0.717, 1.165) is 0 Å². The fourth-order valence-electron chi connectivity index (χ4n) is 1.24. The fourth-order valence-corrected chi connectivity index (χ4v) is 1.44. The van der Waals surface area contributed by atoms with Crippen LogP contribution >= 0.6 is 11.6 Å². The van der Waals surface area contributed by atoms with Crippen molar-refractivity contribution in [2.24, 2.45) is 0 Å². The third-order valence-electron chi connectivity index (χ3n) is 1.99. The number of alkyl halides is 3. The number of ether oxygens (including phenoxy) is 1. The van der Waals surface area contributed by atoms with Crippen molar-refractivity contribution in [3.8, 4) is 0 Å². The molecule has 0 saturated heterocycles. The Kier molecular flexibility index (Phi) is 4.84. The van der Waals surface area contributed by atoms with E-state index < -0.39 is 18.2 Å². The zero-order chi connectivity index (χ0) is 13.8. The molecule has 0 bridgehead atoms. The van der Waals surface area contributed by atoms with Crippen molar-refractivity contribution in [2.75, 3.05) is 11.9 Å². The highest BCUT2D eigenvalue weighted by Gasteiger charge is 2.46. The van der Waals surface area contributed by atoms with Crippen LogP contribution in [0, 0.1) is 0 Å². The van der Waals surface area contributed by atoms with Crippen LogP contribution in [0.1, 0.15) is 6.92 Å². The number of hydrogen-bond donors (Lipinski definition) is 1. The van der Waals surface area contributed by atoms with Gasteiger partial charge in [0.2, 0.25) is 6.04 Å². The zero-order valence-electron chi connectivity index (χ0n) is 9.42. The van der Waals surface area contributed by atoms with Gasteiger partial charge in [-0.3, -0.25) is 0 Å². The molecule has 1 atom stereocenters. The van der Waals surface area contributed by atoms with E-state index in [9.17, 15) is 18.0 Å². The van der Waals surface area contributed by atoms with Crippen LogP contribution in [0.4, 0.5) is 18.9 Å². The number of rotatable bonds is 4. The number of benzene rings is 1. The number of hydrogen-bond acceptors (Lipinski definition) is 3. The summed E-state index contributed by atoms with van der Waals surface area (Å²) in [6.07, 6.45) is -4.74. The smallest absolute Gasteiger partial charge is 0.419 e. The minimum atomic E-state index is -4.74. The molecule has 100 valence electrons. The summed E-state index contributed by atoms with van der Waals surface area (Å²) in [6, 6.07) is 3.25. The van der Waals surface area contributed by atoms with Gasteiger partial charge in [-0.1, -0.05) is 17.7 Å². The lowest BCUT2D eigenvalue weighted by Gasteiger charge is -2.20. The largest absolute Gasteiger partial charge is 0.464 e. The summed E-state index contributed by atoms with van der Waals surface area (Å²) in [5, 5.41) is 2.33. The molecule has 0 saturated carbocycles. The average Bonchev–Trinajstić information content (AvgIpc) is 2.24. The molecule has 0 aliphatic heterocycles. The zero-order valence-corrected chi connectivity index (χ0v) is 10.2. The van der Waals surface area contributed by atoms with Crippen molar-refractivity contribution in [3.05, 3.63) is 29.3 Å². The number of anilines is 1. The summed E-state index contributed by atoms with van der Waals surface area (Å²) >= 11 is 5.65. The van der Waals surface area contributed by atoms with E-state index in [1.165, 1.54) is 31.2 Å². The number of esters is 1. The van der Waals surface area contributed by atoms with Gasteiger partial charge < -0.3 is 10.1 Å². The van der Waals surface area contributed by atoms with E-state index in [1.807, 2.05) is 0 Å². The van der Waals surface area contributed by atoms with Crippen molar-refractivity contribution in [3.63, 3.8) is 0 Å². The molecular weight excluding hydrogens is 271 g/mol. The predicted octanol–water partition coefficient (Wildman–Crippen LogP) is 3.25. The van der Waals surface area contributed by atoms with Crippen molar-refractivity contribution in [1.29, 1.82) is 0 Å². The van der Waals surface area contributed by atoms with Gasteiger partial charge in [0.15, 0.2) is 0 Å². The molecule has 18 heavy (non-hydrogen) atoms. The van der Waals surface area contributed by atoms with Gasteiger partial charge in [0.05, 0.1) is 6.61 Å². The quantitative estimate of drug-likeness (QED) is 0.861. The molecule has 0 aromatic heterocycles. The van der Waals surface area contributed by atoms with Crippen molar-refractivity contribution in [1.82, 2.24) is 0 Å². The lowest BCUT2D eigenvalue weighted by Crippen LogP contribution is -2.44. The first-order valence-electron chi connectivity index (χ1n) is 5.10. The molecule has 1 aromatic carbocycles. The van der Waals surface area contributed by atoms with Crippen molar-refractivity contribution >= 4 is 23.3 Å². The second-order valence-corrected chi connectivity index (χ2v) is 3.82. The van der Waals surface area contributed by atoms with Gasteiger partial charge in [-0.2, -0.15) is 13.2 Å². The van der Waals surface area contributed by atoms with Gasteiger partial charge in [-0.05, 0) is 25.1 Å². The highest BCUT2D eigenvalue weighted by molar-refractivity contribution is 6.30. The third kappa shape index (κ3) is 4.10. The topological polar surface area (TPSA) is 38.3 Å².